The van der Waals surface area contributed by atoms with Gasteiger partial charge in [-0.1, -0.05) is 33.1 Å². The second kappa shape index (κ2) is 5.11. The first-order chi connectivity index (χ1) is 6.27. The molecule has 0 aromatic carbocycles. The molecule has 1 aromatic rings. The van der Waals surface area contributed by atoms with Crippen molar-refractivity contribution in [1.29, 1.82) is 0 Å². The number of aromatic nitrogens is 1. The van der Waals surface area contributed by atoms with Crippen LogP contribution in [0.2, 0.25) is 0 Å². The van der Waals surface area contributed by atoms with Gasteiger partial charge >= 0.3 is 0 Å². The molecule has 1 unspecified atom stereocenters. The molecule has 1 rings (SSSR count). The Kier molecular flexibility index (Phi) is 4.07. The molecule has 1 aromatic heterocycles. The minimum Gasteiger partial charge on any atom is -0.354 e. The highest BCUT2D eigenvalue weighted by atomic mass is 14.9. The lowest BCUT2D eigenvalue weighted by Crippen LogP contribution is -2.06. The van der Waals surface area contributed by atoms with Gasteiger partial charge in [0.2, 0.25) is 0 Å². The van der Waals surface area contributed by atoms with E-state index in [1.165, 1.54) is 31.4 Å². The Morgan fingerprint density at radius 1 is 1.38 bits per heavy atom. The van der Waals surface area contributed by atoms with E-state index in [-0.39, 0.29) is 0 Å². The number of hydrogen-bond donors (Lipinski definition) is 0. The number of nitrogens with zero attached hydrogens (tertiary/aromatic N) is 1. The molecule has 0 saturated carbocycles. The van der Waals surface area contributed by atoms with Crippen molar-refractivity contribution in [1.82, 2.24) is 4.57 Å². The molecule has 0 aliphatic rings. The standard InChI is InChI=1S/C12H21N/c1-4-7-11(5-2)10-12-8-6-9-13(12)3/h6,8-9,11H,4-5,7,10H2,1-3H3. The van der Waals surface area contributed by atoms with E-state index >= 15 is 0 Å². The topological polar surface area (TPSA) is 4.93 Å². The Labute approximate surface area is 81.8 Å². The van der Waals surface area contributed by atoms with Crippen LogP contribution >= 0.6 is 0 Å². The summed E-state index contributed by atoms with van der Waals surface area (Å²) >= 11 is 0. The second-order valence-electron chi connectivity index (χ2n) is 3.88. The predicted molar refractivity (Wildman–Crippen MR) is 57.8 cm³/mol. The maximum absolute atomic E-state index is 2.29. The first kappa shape index (κ1) is 10.4. The van der Waals surface area contributed by atoms with Crippen LogP contribution in [0.1, 0.15) is 38.8 Å². The minimum absolute atomic E-state index is 0.874. The van der Waals surface area contributed by atoms with Gasteiger partial charge < -0.3 is 4.57 Å². The van der Waals surface area contributed by atoms with Crippen LogP contribution in [0, 0.1) is 5.92 Å². The summed E-state index contributed by atoms with van der Waals surface area (Å²) in [7, 11) is 2.13. The summed E-state index contributed by atoms with van der Waals surface area (Å²) in [5.41, 5.74) is 1.47. The van der Waals surface area contributed by atoms with Crippen LogP contribution in [0.15, 0.2) is 18.3 Å². The molecule has 1 heteroatoms. The van der Waals surface area contributed by atoms with Gasteiger partial charge in [0.25, 0.3) is 0 Å². The van der Waals surface area contributed by atoms with Crippen molar-refractivity contribution in [3.8, 4) is 0 Å². The Hall–Kier alpha value is -0.720. The second-order valence-corrected chi connectivity index (χ2v) is 3.88. The van der Waals surface area contributed by atoms with E-state index in [2.05, 4.69) is 43.8 Å². The van der Waals surface area contributed by atoms with E-state index in [9.17, 15) is 0 Å². The molecule has 0 radical (unpaired) electrons. The van der Waals surface area contributed by atoms with Crippen LogP contribution in [0.5, 0.6) is 0 Å². The lowest BCUT2D eigenvalue weighted by Gasteiger charge is -2.13. The molecule has 1 nitrogen and oxygen atoms in total. The molecule has 0 spiro atoms. The third-order valence-electron chi connectivity index (χ3n) is 2.82. The lowest BCUT2D eigenvalue weighted by atomic mass is 9.95. The zero-order chi connectivity index (χ0) is 9.68. The summed E-state index contributed by atoms with van der Waals surface area (Å²) in [6.07, 6.45) is 7.35. The van der Waals surface area contributed by atoms with Gasteiger partial charge in [-0.25, -0.2) is 0 Å². The Balaban J connectivity index is 2.51. The van der Waals surface area contributed by atoms with E-state index in [1.807, 2.05) is 0 Å². The van der Waals surface area contributed by atoms with Crippen LogP contribution in [0.3, 0.4) is 0 Å². The molecule has 0 bridgehead atoms. The van der Waals surface area contributed by atoms with Crippen molar-refractivity contribution in [3.63, 3.8) is 0 Å². The van der Waals surface area contributed by atoms with E-state index < -0.39 is 0 Å². The van der Waals surface area contributed by atoms with E-state index in [4.69, 9.17) is 0 Å². The normalized spacial score (nSPS) is 13.2. The fourth-order valence-electron chi connectivity index (χ4n) is 1.86. The van der Waals surface area contributed by atoms with Crippen molar-refractivity contribution in [3.05, 3.63) is 24.0 Å². The van der Waals surface area contributed by atoms with Crippen LogP contribution in [0.4, 0.5) is 0 Å². The zero-order valence-electron chi connectivity index (χ0n) is 9.09. The first-order valence-electron chi connectivity index (χ1n) is 5.38. The van der Waals surface area contributed by atoms with Gasteiger partial charge in [-0.05, 0) is 24.5 Å². The quantitative estimate of drug-likeness (QED) is 0.653. The summed E-state index contributed by atoms with van der Waals surface area (Å²) in [6, 6.07) is 4.37. The molecular weight excluding hydrogens is 158 g/mol. The number of rotatable bonds is 5. The molecule has 1 heterocycles. The molecule has 1 atom stereocenters. The predicted octanol–water partition coefficient (Wildman–Crippen LogP) is 3.39. The Bertz CT molecular complexity index is 237. The van der Waals surface area contributed by atoms with Crippen molar-refractivity contribution in [2.75, 3.05) is 0 Å². The van der Waals surface area contributed by atoms with Crippen molar-refractivity contribution in [2.45, 2.75) is 39.5 Å². The van der Waals surface area contributed by atoms with Gasteiger partial charge in [0.15, 0.2) is 0 Å². The van der Waals surface area contributed by atoms with Crippen molar-refractivity contribution >= 4 is 0 Å². The van der Waals surface area contributed by atoms with Gasteiger partial charge in [0.05, 0.1) is 0 Å². The maximum atomic E-state index is 2.29. The van der Waals surface area contributed by atoms with Crippen molar-refractivity contribution in [2.24, 2.45) is 13.0 Å². The average Bonchev–Trinajstić information content (AvgIpc) is 2.51. The number of aryl methyl sites for hydroxylation is 1. The molecule has 0 aliphatic heterocycles. The summed E-state index contributed by atoms with van der Waals surface area (Å²) in [4.78, 5) is 0. The monoisotopic (exact) mass is 179 g/mol. The van der Waals surface area contributed by atoms with Gasteiger partial charge in [-0.15, -0.1) is 0 Å². The molecule has 0 saturated heterocycles. The van der Waals surface area contributed by atoms with Gasteiger partial charge in [-0.3, -0.25) is 0 Å². The maximum Gasteiger partial charge on any atom is 0.0174 e. The molecule has 0 amide bonds. The Morgan fingerprint density at radius 3 is 2.62 bits per heavy atom. The average molecular weight is 179 g/mol. The highest BCUT2D eigenvalue weighted by Gasteiger charge is 2.07. The molecule has 0 N–H and O–H groups in total. The van der Waals surface area contributed by atoms with E-state index in [0.717, 1.165) is 5.92 Å². The minimum atomic E-state index is 0.874. The summed E-state index contributed by atoms with van der Waals surface area (Å²) in [5.74, 6) is 0.874. The largest absolute Gasteiger partial charge is 0.354 e. The van der Waals surface area contributed by atoms with E-state index in [1.54, 1.807) is 0 Å². The molecule has 0 aliphatic carbocycles. The Morgan fingerprint density at radius 2 is 2.15 bits per heavy atom. The smallest absolute Gasteiger partial charge is 0.0174 e. The fraction of sp³-hybridized carbons (Fsp3) is 0.667. The summed E-state index contributed by atoms with van der Waals surface area (Å²) in [6.45, 7) is 4.57. The van der Waals surface area contributed by atoms with Crippen molar-refractivity contribution < 1.29 is 0 Å². The molecular formula is C12H21N. The van der Waals surface area contributed by atoms with Crippen LogP contribution in [-0.2, 0) is 13.5 Å². The van der Waals surface area contributed by atoms with Crippen LogP contribution < -0.4 is 0 Å². The molecule has 0 fully saturated rings. The third kappa shape index (κ3) is 2.91. The molecule has 74 valence electrons. The SMILES string of the molecule is CCCC(CC)Cc1cccn1C. The van der Waals surface area contributed by atoms with Crippen LogP contribution in [0.25, 0.3) is 0 Å². The van der Waals surface area contributed by atoms with E-state index in [0.29, 0.717) is 0 Å². The lowest BCUT2D eigenvalue weighted by molar-refractivity contribution is 0.452. The first-order valence-corrected chi connectivity index (χ1v) is 5.38. The van der Waals surface area contributed by atoms with Gasteiger partial charge in [0, 0.05) is 18.9 Å². The zero-order valence-corrected chi connectivity index (χ0v) is 9.09. The third-order valence-corrected chi connectivity index (χ3v) is 2.82. The number of hydrogen-bond acceptors (Lipinski definition) is 0. The summed E-state index contributed by atoms with van der Waals surface area (Å²) < 4.78 is 2.23. The summed E-state index contributed by atoms with van der Waals surface area (Å²) in [5, 5.41) is 0. The van der Waals surface area contributed by atoms with Crippen LogP contribution in [-0.4, -0.2) is 4.57 Å². The molecule has 13 heavy (non-hydrogen) atoms. The highest BCUT2D eigenvalue weighted by molar-refractivity contribution is 5.07. The highest BCUT2D eigenvalue weighted by Crippen LogP contribution is 2.17. The van der Waals surface area contributed by atoms with Gasteiger partial charge in [-0.2, -0.15) is 0 Å². The van der Waals surface area contributed by atoms with Gasteiger partial charge in [0.1, 0.15) is 0 Å². The fourth-order valence-corrected chi connectivity index (χ4v) is 1.86.